The van der Waals surface area contributed by atoms with Crippen molar-refractivity contribution in [3.63, 3.8) is 0 Å². The molecule has 2 fully saturated rings. The van der Waals surface area contributed by atoms with Gasteiger partial charge < -0.3 is 15.5 Å². The molecule has 114 valence electrons. The molecule has 21 heavy (non-hydrogen) atoms. The summed E-state index contributed by atoms with van der Waals surface area (Å²) in [6, 6.07) is 8.10. The van der Waals surface area contributed by atoms with Gasteiger partial charge in [0.05, 0.1) is 0 Å². The van der Waals surface area contributed by atoms with E-state index in [1.165, 1.54) is 31.2 Å². The van der Waals surface area contributed by atoms with Crippen LogP contribution in [0, 0.1) is 6.92 Å². The van der Waals surface area contributed by atoms with E-state index in [0.717, 1.165) is 23.5 Å². The number of rotatable bonds is 3. The fourth-order valence-electron chi connectivity index (χ4n) is 3.81. The van der Waals surface area contributed by atoms with E-state index >= 15 is 0 Å². The number of nitrogens with zero attached hydrogens (tertiary/aromatic N) is 1. The number of carbonyl (C=O) groups excluding carboxylic acids is 1. The molecule has 1 amide bonds. The first-order chi connectivity index (χ1) is 10.0. The summed E-state index contributed by atoms with van der Waals surface area (Å²) in [7, 11) is 2.27. The van der Waals surface area contributed by atoms with E-state index in [1.807, 2.05) is 6.07 Å². The van der Waals surface area contributed by atoms with Gasteiger partial charge in [-0.25, -0.2) is 0 Å². The fourth-order valence-corrected chi connectivity index (χ4v) is 3.81. The van der Waals surface area contributed by atoms with Crippen LogP contribution in [0.25, 0.3) is 0 Å². The molecule has 2 bridgehead atoms. The molecule has 2 saturated heterocycles. The zero-order chi connectivity index (χ0) is 15.0. The molecule has 0 aromatic heterocycles. The summed E-state index contributed by atoms with van der Waals surface area (Å²) >= 11 is 0. The summed E-state index contributed by atoms with van der Waals surface area (Å²) in [5.41, 5.74) is 3.25. The summed E-state index contributed by atoms with van der Waals surface area (Å²) in [6.45, 7) is 3.66. The van der Waals surface area contributed by atoms with Crippen LogP contribution in [-0.4, -0.2) is 36.0 Å². The highest BCUT2D eigenvalue weighted by Gasteiger charge is 2.38. The third-order valence-electron chi connectivity index (χ3n) is 5.02. The van der Waals surface area contributed by atoms with Crippen LogP contribution in [0.1, 0.15) is 38.2 Å². The molecule has 2 unspecified atom stereocenters. The number of hydrogen-bond donors (Lipinski definition) is 2. The minimum Gasteiger partial charge on any atom is -0.382 e. The van der Waals surface area contributed by atoms with Gasteiger partial charge in [-0.3, -0.25) is 4.79 Å². The first kappa shape index (κ1) is 14.4. The highest BCUT2D eigenvalue weighted by molar-refractivity contribution is 5.89. The Morgan fingerprint density at radius 2 is 1.90 bits per heavy atom. The topological polar surface area (TPSA) is 44.4 Å². The molecule has 2 N–H and O–H groups in total. The molecular formula is C17H25N3O. The summed E-state index contributed by atoms with van der Waals surface area (Å²) in [5.74, 6) is -0.0258. The number of aryl methyl sites for hydroxylation is 1. The third kappa shape index (κ3) is 3.05. The second-order valence-electron chi connectivity index (χ2n) is 6.57. The highest BCUT2D eigenvalue weighted by atomic mass is 16.1. The van der Waals surface area contributed by atoms with E-state index < -0.39 is 0 Å². The Labute approximate surface area is 126 Å². The molecule has 2 aliphatic heterocycles. The van der Waals surface area contributed by atoms with Crippen molar-refractivity contribution in [3.8, 4) is 0 Å². The van der Waals surface area contributed by atoms with Crippen molar-refractivity contribution in [3.05, 3.63) is 23.8 Å². The van der Waals surface area contributed by atoms with Crippen LogP contribution in [-0.2, 0) is 4.79 Å². The van der Waals surface area contributed by atoms with Crippen LogP contribution in [0.5, 0.6) is 0 Å². The molecule has 1 aromatic carbocycles. The van der Waals surface area contributed by atoms with Crippen molar-refractivity contribution in [1.82, 2.24) is 4.90 Å². The van der Waals surface area contributed by atoms with Crippen molar-refractivity contribution >= 4 is 17.3 Å². The van der Waals surface area contributed by atoms with Crippen molar-refractivity contribution in [1.29, 1.82) is 0 Å². The number of benzene rings is 1. The fraction of sp³-hybridized carbons (Fsp3) is 0.588. The van der Waals surface area contributed by atoms with Gasteiger partial charge in [0, 0.05) is 36.4 Å². The molecule has 4 nitrogen and oxygen atoms in total. The number of amides is 1. The molecule has 0 aliphatic carbocycles. The van der Waals surface area contributed by atoms with E-state index in [2.05, 4.69) is 41.6 Å². The second-order valence-corrected chi connectivity index (χ2v) is 6.57. The van der Waals surface area contributed by atoms with Crippen LogP contribution in [0.4, 0.5) is 11.4 Å². The Hall–Kier alpha value is -1.55. The maximum Gasteiger partial charge on any atom is 0.221 e. The Kier molecular flexibility index (Phi) is 3.89. The van der Waals surface area contributed by atoms with Gasteiger partial charge in [0.25, 0.3) is 0 Å². The van der Waals surface area contributed by atoms with Gasteiger partial charge in [-0.2, -0.15) is 0 Å². The first-order valence-corrected chi connectivity index (χ1v) is 7.89. The lowest BCUT2D eigenvalue weighted by Crippen LogP contribution is -2.44. The molecule has 3 rings (SSSR count). The molecule has 2 atom stereocenters. The Bertz CT molecular complexity index is 529. The highest BCUT2D eigenvalue weighted by Crippen LogP contribution is 2.36. The second kappa shape index (κ2) is 5.68. The molecule has 2 heterocycles. The summed E-state index contributed by atoms with van der Waals surface area (Å²) in [4.78, 5) is 13.7. The number of fused-ring (bicyclic) bond motifs is 2. The monoisotopic (exact) mass is 287 g/mol. The lowest BCUT2D eigenvalue weighted by Gasteiger charge is -2.37. The van der Waals surface area contributed by atoms with Crippen LogP contribution in [0.3, 0.4) is 0 Å². The Morgan fingerprint density at radius 1 is 1.24 bits per heavy atom. The largest absolute Gasteiger partial charge is 0.382 e. The van der Waals surface area contributed by atoms with Gasteiger partial charge in [0.1, 0.15) is 0 Å². The maximum atomic E-state index is 11.2. The van der Waals surface area contributed by atoms with Crippen molar-refractivity contribution in [2.75, 3.05) is 17.7 Å². The van der Waals surface area contributed by atoms with Gasteiger partial charge >= 0.3 is 0 Å². The average molecular weight is 287 g/mol. The Morgan fingerprint density at radius 3 is 2.52 bits per heavy atom. The lowest BCUT2D eigenvalue weighted by molar-refractivity contribution is -0.114. The van der Waals surface area contributed by atoms with Gasteiger partial charge in [-0.1, -0.05) is 6.07 Å². The van der Waals surface area contributed by atoms with Crippen LogP contribution < -0.4 is 10.6 Å². The summed E-state index contributed by atoms with van der Waals surface area (Å²) < 4.78 is 0. The minimum absolute atomic E-state index is 0.0258. The van der Waals surface area contributed by atoms with E-state index in [0.29, 0.717) is 6.04 Å². The van der Waals surface area contributed by atoms with E-state index in [9.17, 15) is 4.79 Å². The molecular weight excluding hydrogens is 262 g/mol. The molecule has 4 heteroatoms. The zero-order valence-electron chi connectivity index (χ0n) is 13.1. The first-order valence-electron chi connectivity index (χ1n) is 7.89. The molecule has 0 spiro atoms. The van der Waals surface area contributed by atoms with Gasteiger partial charge in [0.15, 0.2) is 0 Å². The normalized spacial score (nSPS) is 28.4. The van der Waals surface area contributed by atoms with Crippen molar-refractivity contribution < 1.29 is 4.79 Å². The lowest BCUT2D eigenvalue weighted by atomic mass is 9.97. The van der Waals surface area contributed by atoms with E-state index in [1.54, 1.807) is 6.92 Å². The average Bonchev–Trinajstić information content (AvgIpc) is 2.64. The van der Waals surface area contributed by atoms with Crippen LogP contribution >= 0.6 is 0 Å². The molecule has 0 saturated carbocycles. The van der Waals surface area contributed by atoms with E-state index in [4.69, 9.17) is 0 Å². The zero-order valence-corrected chi connectivity index (χ0v) is 13.1. The molecule has 2 aliphatic rings. The van der Waals surface area contributed by atoms with Crippen LogP contribution in [0.2, 0.25) is 0 Å². The number of anilines is 2. The quantitative estimate of drug-likeness (QED) is 0.898. The van der Waals surface area contributed by atoms with Crippen LogP contribution in [0.15, 0.2) is 18.2 Å². The van der Waals surface area contributed by atoms with Gasteiger partial charge in [-0.15, -0.1) is 0 Å². The van der Waals surface area contributed by atoms with Crippen molar-refractivity contribution in [2.24, 2.45) is 0 Å². The van der Waals surface area contributed by atoms with Gasteiger partial charge in [0.2, 0.25) is 5.91 Å². The number of nitrogens with one attached hydrogen (secondary N) is 2. The number of piperidine rings is 1. The summed E-state index contributed by atoms with van der Waals surface area (Å²) in [5, 5.41) is 6.57. The molecule has 0 radical (unpaired) electrons. The maximum absolute atomic E-state index is 11.2. The minimum atomic E-state index is -0.0258. The standard InChI is InChI=1S/C17H25N3O/c1-11-4-5-13(18-12(2)21)10-17(11)19-14-8-15-6-7-16(9-14)20(15)3/h4-5,10,14-16,19H,6-9H2,1-3H3,(H,18,21). The molecule has 1 aromatic rings. The Balaban J connectivity index is 1.71. The van der Waals surface area contributed by atoms with Crippen molar-refractivity contribution in [2.45, 2.75) is 57.7 Å². The smallest absolute Gasteiger partial charge is 0.221 e. The predicted molar refractivity (Wildman–Crippen MR) is 86.7 cm³/mol. The number of carbonyl (C=O) groups is 1. The predicted octanol–water partition coefficient (Wildman–Crippen LogP) is 2.99. The third-order valence-corrected chi connectivity index (χ3v) is 5.02. The SMILES string of the molecule is CC(=O)Nc1ccc(C)c(NC2CC3CCC(C2)N3C)c1. The summed E-state index contributed by atoms with van der Waals surface area (Å²) in [6.07, 6.45) is 5.11. The number of hydrogen-bond acceptors (Lipinski definition) is 3. The van der Waals surface area contributed by atoms with E-state index in [-0.39, 0.29) is 5.91 Å². The van der Waals surface area contributed by atoms with Gasteiger partial charge in [-0.05, 0) is 57.4 Å².